The maximum absolute atomic E-state index is 11.1. The molecule has 0 aromatic heterocycles. The van der Waals surface area contributed by atoms with Gasteiger partial charge in [0.2, 0.25) is 0 Å². The molecule has 3 N–H and O–H groups in total. The first-order valence-corrected chi connectivity index (χ1v) is 16.3. The summed E-state index contributed by atoms with van der Waals surface area (Å²) in [6.07, 6.45) is 0.767. The predicted molar refractivity (Wildman–Crippen MR) is 189 cm³/mol. The SMILES string of the molecule is Cc1cc(O)c(C(C)(C)C)cc1C(CC(c1cc(C(C)(C)C)c(O)cc1C)c1cc(C(C)(C)C)c(O)cc1C)c1ccccc1. The fourth-order valence-electron chi connectivity index (χ4n) is 6.84. The molecule has 0 aliphatic carbocycles. The summed E-state index contributed by atoms with van der Waals surface area (Å²) in [5.74, 6) is 0.967. The van der Waals surface area contributed by atoms with Crippen LogP contribution >= 0.6 is 0 Å². The second-order valence-corrected chi connectivity index (χ2v) is 16.2. The number of hydrogen-bond acceptors (Lipinski definition) is 3. The lowest BCUT2D eigenvalue weighted by molar-refractivity contribution is 0.444. The molecule has 0 aliphatic heterocycles. The molecule has 3 heteroatoms. The van der Waals surface area contributed by atoms with Crippen molar-refractivity contribution in [2.45, 2.75) is 118 Å². The number of aryl methyl sites for hydroxylation is 3. The van der Waals surface area contributed by atoms with E-state index in [0.29, 0.717) is 17.2 Å². The first kappa shape index (κ1) is 34.2. The maximum atomic E-state index is 11.1. The van der Waals surface area contributed by atoms with Crippen molar-refractivity contribution in [1.82, 2.24) is 0 Å². The van der Waals surface area contributed by atoms with Gasteiger partial charge in [0, 0.05) is 11.8 Å². The number of rotatable bonds is 6. The minimum absolute atomic E-state index is 0.0236. The molecule has 0 amide bonds. The summed E-state index contributed by atoms with van der Waals surface area (Å²) in [7, 11) is 0. The number of phenolic OH excluding ortho intramolecular Hbond substituents is 3. The van der Waals surface area contributed by atoms with Crippen LogP contribution in [0.2, 0.25) is 0 Å². The van der Waals surface area contributed by atoms with Gasteiger partial charge in [0.1, 0.15) is 17.2 Å². The Hall–Kier alpha value is -3.72. The molecule has 0 heterocycles. The monoisotopic (exact) mass is 606 g/mol. The van der Waals surface area contributed by atoms with Crippen molar-refractivity contribution in [2.75, 3.05) is 0 Å². The third kappa shape index (κ3) is 7.24. The average molecular weight is 607 g/mol. The molecule has 4 aromatic carbocycles. The fraction of sp³-hybridized carbons (Fsp3) is 0.429. The van der Waals surface area contributed by atoms with Crippen molar-refractivity contribution in [3.05, 3.63) is 122 Å². The van der Waals surface area contributed by atoms with E-state index in [9.17, 15) is 15.3 Å². The Morgan fingerprint density at radius 2 is 0.778 bits per heavy atom. The van der Waals surface area contributed by atoms with E-state index < -0.39 is 0 Å². The maximum Gasteiger partial charge on any atom is 0.119 e. The Balaban J connectivity index is 2.08. The van der Waals surface area contributed by atoms with Crippen LogP contribution in [0.15, 0.2) is 66.7 Å². The van der Waals surface area contributed by atoms with E-state index in [1.54, 1.807) is 0 Å². The Morgan fingerprint density at radius 1 is 0.467 bits per heavy atom. The fourth-order valence-corrected chi connectivity index (χ4v) is 6.84. The first-order chi connectivity index (χ1) is 20.7. The number of hydrogen-bond donors (Lipinski definition) is 3. The van der Waals surface area contributed by atoms with Gasteiger partial charge in [-0.1, -0.05) is 111 Å². The van der Waals surface area contributed by atoms with Crippen LogP contribution in [0.4, 0.5) is 0 Å². The Bertz CT molecular complexity index is 1610. The Labute approximate surface area is 272 Å². The van der Waals surface area contributed by atoms with Crippen LogP contribution in [0.25, 0.3) is 0 Å². The molecule has 1 unspecified atom stereocenters. The van der Waals surface area contributed by atoms with Crippen molar-refractivity contribution in [1.29, 1.82) is 0 Å². The molecule has 0 saturated heterocycles. The summed E-state index contributed by atoms with van der Waals surface area (Å²) >= 11 is 0. The molecule has 240 valence electrons. The highest BCUT2D eigenvalue weighted by Crippen LogP contribution is 2.47. The lowest BCUT2D eigenvalue weighted by Crippen LogP contribution is -2.18. The van der Waals surface area contributed by atoms with Crippen molar-refractivity contribution >= 4 is 0 Å². The van der Waals surface area contributed by atoms with E-state index in [-0.39, 0.29) is 28.1 Å². The molecule has 1 atom stereocenters. The van der Waals surface area contributed by atoms with Gasteiger partial charge in [-0.2, -0.15) is 0 Å². The highest BCUT2D eigenvalue weighted by Gasteiger charge is 2.31. The molecular weight excluding hydrogens is 552 g/mol. The average Bonchev–Trinajstić information content (AvgIpc) is 2.89. The summed E-state index contributed by atoms with van der Waals surface area (Å²) in [6, 6.07) is 23.1. The molecule has 0 saturated carbocycles. The van der Waals surface area contributed by atoms with Gasteiger partial charge >= 0.3 is 0 Å². The van der Waals surface area contributed by atoms with Crippen molar-refractivity contribution in [3.8, 4) is 17.2 Å². The number of phenols is 3. The zero-order valence-electron chi connectivity index (χ0n) is 29.6. The van der Waals surface area contributed by atoms with E-state index in [4.69, 9.17) is 0 Å². The zero-order chi connectivity index (χ0) is 33.6. The molecule has 4 aromatic rings. The van der Waals surface area contributed by atoms with Gasteiger partial charge in [0.25, 0.3) is 0 Å². The smallest absolute Gasteiger partial charge is 0.119 e. The quantitative estimate of drug-likeness (QED) is 0.205. The van der Waals surface area contributed by atoms with Gasteiger partial charge in [-0.25, -0.2) is 0 Å². The summed E-state index contributed by atoms with van der Waals surface area (Å²) in [5.41, 5.74) is 10.00. The molecule has 0 spiro atoms. The third-order valence-electron chi connectivity index (χ3n) is 9.38. The minimum Gasteiger partial charge on any atom is -0.508 e. The van der Waals surface area contributed by atoms with Gasteiger partial charge < -0.3 is 15.3 Å². The van der Waals surface area contributed by atoms with Crippen LogP contribution in [0, 0.1) is 20.8 Å². The van der Waals surface area contributed by atoms with Crippen molar-refractivity contribution in [3.63, 3.8) is 0 Å². The molecule has 45 heavy (non-hydrogen) atoms. The Kier molecular flexibility index (Phi) is 9.29. The number of aromatic hydroxyl groups is 3. The van der Waals surface area contributed by atoms with E-state index in [2.05, 4.69) is 132 Å². The van der Waals surface area contributed by atoms with Gasteiger partial charge in [0.05, 0.1) is 0 Å². The normalized spacial score (nSPS) is 13.4. The first-order valence-electron chi connectivity index (χ1n) is 16.3. The van der Waals surface area contributed by atoms with Crippen LogP contribution in [0.3, 0.4) is 0 Å². The molecule has 0 fully saturated rings. The highest BCUT2D eigenvalue weighted by molar-refractivity contribution is 5.54. The summed E-state index contributed by atoms with van der Waals surface area (Å²) in [4.78, 5) is 0. The number of benzene rings is 4. The predicted octanol–water partition coefficient (Wildman–Crippen LogP) is 11.0. The third-order valence-corrected chi connectivity index (χ3v) is 9.38. The van der Waals surface area contributed by atoms with Crippen LogP contribution < -0.4 is 0 Å². The highest BCUT2D eigenvalue weighted by atomic mass is 16.3. The standard InChI is InChI=1S/C42H54O3/c1-25-18-37(43)34(40(4,5)6)22-29(25)32(28-16-14-13-15-17-28)21-33(30-23-35(41(7,8)9)38(44)19-26(30)2)31-24-36(42(10,11)12)39(45)20-27(31)3/h13-20,22-24,32-33,43-45H,21H2,1-12H3. The van der Waals surface area contributed by atoms with Crippen molar-refractivity contribution < 1.29 is 15.3 Å². The summed E-state index contributed by atoms with van der Waals surface area (Å²) in [5, 5.41) is 33.2. The Morgan fingerprint density at radius 3 is 1.09 bits per heavy atom. The molecule has 3 nitrogen and oxygen atoms in total. The van der Waals surface area contributed by atoms with Crippen molar-refractivity contribution in [2.24, 2.45) is 0 Å². The lowest BCUT2D eigenvalue weighted by Gasteiger charge is -2.32. The van der Waals surface area contributed by atoms with E-state index in [0.717, 1.165) is 39.8 Å². The van der Waals surface area contributed by atoms with Crippen LogP contribution in [-0.2, 0) is 16.2 Å². The minimum atomic E-state index is -0.244. The molecule has 0 aliphatic rings. The second kappa shape index (κ2) is 12.2. The van der Waals surface area contributed by atoms with Gasteiger partial charge in [0.15, 0.2) is 0 Å². The largest absolute Gasteiger partial charge is 0.508 e. The van der Waals surface area contributed by atoms with E-state index >= 15 is 0 Å². The topological polar surface area (TPSA) is 60.7 Å². The van der Waals surface area contributed by atoms with Gasteiger partial charge in [-0.05, 0) is 117 Å². The van der Waals surface area contributed by atoms with Gasteiger partial charge in [-0.15, -0.1) is 0 Å². The van der Waals surface area contributed by atoms with E-state index in [1.807, 2.05) is 18.2 Å². The summed E-state index contributed by atoms with van der Waals surface area (Å²) in [6.45, 7) is 25.5. The summed E-state index contributed by atoms with van der Waals surface area (Å²) < 4.78 is 0. The molecular formula is C42H54O3. The van der Waals surface area contributed by atoms with Crippen LogP contribution in [-0.4, -0.2) is 15.3 Å². The molecule has 0 radical (unpaired) electrons. The lowest BCUT2D eigenvalue weighted by atomic mass is 9.72. The van der Waals surface area contributed by atoms with Crippen LogP contribution in [0.5, 0.6) is 17.2 Å². The van der Waals surface area contributed by atoms with Gasteiger partial charge in [-0.3, -0.25) is 0 Å². The van der Waals surface area contributed by atoms with E-state index in [1.165, 1.54) is 22.3 Å². The molecule has 4 rings (SSSR count). The molecule has 0 bridgehead atoms. The van der Waals surface area contributed by atoms with Crippen LogP contribution in [0.1, 0.15) is 136 Å². The zero-order valence-corrected chi connectivity index (χ0v) is 29.6. The second-order valence-electron chi connectivity index (χ2n) is 16.2.